The van der Waals surface area contributed by atoms with Crippen molar-refractivity contribution in [3.05, 3.63) is 0 Å². The minimum absolute atomic E-state index is 0.440. The van der Waals surface area contributed by atoms with Crippen molar-refractivity contribution in [3.63, 3.8) is 0 Å². The van der Waals surface area contributed by atoms with Gasteiger partial charge in [-0.1, -0.05) is 0 Å². The second-order valence-corrected chi connectivity index (χ2v) is 5.54. The standard InChI is InChI=1S/C13H21NO6/c1-12(13(20-12,10(15)16)11(17)18)4-2-3-5-14-6-8-19-9-7-14/h2-9H2,1H3,(H,15,16)(H,17,18). The Labute approximate surface area is 117 Å². The second kappa shape index (κ2) is 5.67. The summed E-state index contributed by atoms with van der Waals surface area (Å²) in [5, 5.41) is 18.1. The van der Waals surface area contributed by atoms with Crippen LogP contribution < -0.4 is 0 Å². The molecule has 20 heavy (non-hydrogen) atoms. The number of hydrogen-bond acceptors (Lipinski definition) is 5. The Morgan fingerprint density at radius 3 is 2.25 bits per heavy atom. The first kappa shape index (κ1) is 15.2. The van der Waals surface area contributed by atoms with Gasteiger partial charge in [0.15, 0.2) is 0 Å². The lowest BCUT2D eigenvalue weighted by Crippen LogP contribution is -2.40. The fourth-order valence-corrected chi connectivity index (χ4v) is 2.79. The molecular weight excluding hydrogens is 266 g/mol. The average molecular weight is 287 g/mol. The number of carboxylic acids is 2. The SMILES string of the molecule is CC1(CCCCN2CCOCC2)OC1(C(=O)O)C(=O)O. The van der Waals surface area contributed by atoms with Gasteiger partial charge >= 0.3 is 11.9 Å². The first-order valence-corrected chi connectivity index (χ1v) is 6.89. The smallest absolute Gasteiger partial charge is 0.351 e. The van der Waals surface area contributed by atoms with E-state index in [1.165, 1.54) is 0 Å². The van der Waals surface area contributed by atoms with Gasteiger partial charge in [-0.25, -0.2) is 9.59 Å². The molecule has 2 N–H and O–H groups in total. The van der Waals surface area contributed by atoms with Crippen molar-refractivity contribution in [2.45, 2.75) is 37.4 Å². The van der Waals surface area contributed by atoms with Gasteiger partial charge in [0, 0.05) is 13.1 Å². The molecule has 0 bridgehead atoms. The highest BCUT2D eigenvalue weighted by Crippen LogP contribution is 2.51. The third-order valence-corrected chi connectivity index (χ3v) is 4.17. The molecule has 2 rings (SSSR count). The number of ether oxygens (including phenoxy) is 2. The highest BCUT2D eigenvalue weighted by Gasteiger charge is 2.77. The quantitative estimate of drug-likeness (QED) is 0.391. The summed E-state index contributed by atoms with van der Waals surface area (Å²) in [5.74, 6) is -2.83. The van der Waals surface area contributed by atoms with Gasteiger partial charge in [-0.2, -0.15) is 0 Å². The van der Waals surface area contributed by atoms with E-state index in [1.807, 2.05) is 0 Å². The molecule has 0 saturated carbocycles. The van der Waals surface area contributed by atoms with Crippen LogP contribution in [-0.4, -0.2) is 71.1 Å². The summed E-state index contributed by atoms with van der Waals surface area (Å²) in [6.45, 7) is 5.82. The van der Waals surface area contributed by atoms with Crippen LogP contribution in [0.15, 0.2) is 0 Å². The van der Waals surface area contributed by atoms with E-state index in [0.717, 1.165) is 45.7 Å². The molecule has 7 heteroatoms. The predicted octanol–water partition coefficient (Wildman–Crippen LogP) is 0.186. The van der Waals surface area contributed by atoms with E-state index in [1.54, 1.807) is 6.92 Å². The maximum atomic E-state index is 11.1. The Hall–Kier alpha value is -1.18. The number of carbonyl (C=O) groups is 2. The largest absolute Gasteiger partial charge is 0.479 e. The summed E-state index contributed by atoms with van der Waals surface area (Å²) in [6, 6.07) is 0. The molecule has 2 heterocycles. The molecule has 0 radical (unpaired) electrons. The summed E-state index contributed by atoms with van der Waals surface area (Å²) >= 11 is 0. The van der Waals surface area contributed by atoms with Gasteiger partial charge in [0.2, 0.25) is 0 Å². The minimum atomic E-state index is -2.05. The van der Waals surface area contributed by atoms with Gasteiger partial charge in [-0.05, 0) is 32.7 Å². The van der Waals surface area contributed by atoms with Crippen molar-refractivity contribution < 1.29 is 29.3 Å². The molecule has 2 aliphatic heterocycles. The molecule has 2 aliphatic rings. The molecule has 7 nitrogen and oxygen atoms in total. The fraction of sp³-hybridized carbons (Fsp3) is 0.846. The van der Waals surface area contributed by atoms with E-state index >= 15 is 0 Å². The number of rotatable bonds is 7. The lowest BCUT2D eigenvalue weighted by atomic mass is 9.89. The number of morpholine rings is 1. The summed E-state index contributed by atoms with van der Waals surface area (Å²) in [7, 11) is 0. The van der Waals surface area contributed by atoms with Crippen molar-refractivity contribution in [2.24, 2.45) is 0 Å². The summed E-state index contributed by atoms with van der Waals surface area (Å²) in [6.07, 6.45) is 2.08. The second-order valence-electron chi connectivity index (χ2n) is 5.54. The third kappa shape index (κ3) is 2.65. The minimum Gasteiger partial charge on any atom is -0.479 e. The van der Waals surface area contributed by atoms with E-state index < -0.39 is 23.1 Å². The van der Waals surface area contributed by atoms with Gasteiger partial charge in [0.05, 0.1) is 13.2 Å². The van der Waals surface area contributed by atoms with Gasteiger partial charge in [-0.15, -0.1) is 0 Å². The maximum Gasteiger partial charge on any atom is 0.351 e. The van der Waals surface area contributed by atoms with Gasteiger partial charge in [0.25, 0.3) is 5.60 Å². The molecule has 114 valence electrons. The molecule has 0 aromatic carbocycles. The maximum absolute atomic E-state index is 11.1. The Balaban J connectivity index is 1.74. The number of carboxylic acid groups (broad SMARTS) is 2. The Kier molecular flexibility index (Phi) is 4.31. The van der Waals surface area contributed by atoms with Crippen LogP contribution >= 0.6 is 0 Å². The van der Waals surface area contributed by atoms with Crippen molar-refractivity contribution in [3.8, 4) is 0 Å². The van der Waals surface area contributed by atoms with E-state index in [-0.39, 0.29) is 0 Å². The van der Waals surface area contributed by atoms with Crippen LogP contribution in [0.1, 0.15) is 26.2 Å². The summed E-state index contributed by atoms with van der Waals surface area (Å²) < 4.78 is 10.3. The molecule has 0 aliphatic carbocycles. The van der Waals surface area contributed by atoms with Crippen molar-refractivity contribution in [1.82, 2.24) is 4.90 Å². The van der Waals surface area contributed by atoms with E-state index in [0.29, 0.717) is 6.42 Å². The van der Waals surface area contributed by atoms with Crippen LogP contribution in [0.25, 0.3) is 0 Å². The molecule has 0 aromatic rings. The first-order chi connectivity index (χ1) is 9.42. The molecular formula is C13H21NO6. The van der Waals surface area contributed by atoms with Crippen LogP contribution in [0.5, 0.6) is 0 Å². The van der Waals surface area contributed by atoms with Crippen LogP contribution in [-0.2, 0) is 19.1 Å². The zero-order valence-electron chi connectivity index (χ0n) is 11.6. The fourth-order valence-electron chi connectivity index (χ4n) is 2.79. The number of nitrogens with zero attached hydrogens (tertiary/aromatic N) is 1. The van der Waals surface area contributed by atoms with E-state index in [2.05, 4.69) is 4.90 Å². The van der Waals surface area contributed by atoms with Gasteiger partial charge < -0.3 is 19.7 Å². The number of aliphatic carboxylic acids is 2. The topological polar surface area (TPSA) is 99.6 Å². The zero-order valence-corrected chi connectivity index (χ0v) is 11.6. The molecule has 1 unspecified atom stereocenters. The van der Waals surface area contributed by atoms with Crippen LogP contribution in [0, 0.1) is 0 Å². The zero-order chi connectivity index (χ0) is 14.8. The van der Waals surface area contributed by atoms with Crippen LogP contribution in [0.2, 0.25) is 0 Å². The Bertz CT molecular complexity index is 378. The lowest BCUT2D eigenvalue weighted by Gasteiger charge is -2.26. The molecule has 1 atom stereocenters. The monoisotopic (exact) mass is 287 g/mol. The summed E-state index contributed by atoms with van der Waals surface area (Å²) in [5.41, 5.74) is -3.14. The van der Waals surface area contributed by atoms with Gasteiger partial charge in [0.1, 0.15) is 5.60 Å². The highest BCUT2D eigenvalue weighted by atomic mass is 16.7. The number of unbranched alkanes of at least 4 members (excludes halogenated alkanes) is 1. The lowest BCUT2D eigenvalue weighted by molar-refractivity contribution is -0.156. The van der Waals surface area contributed by atoms with E-state index in [9.17, 15) is 9.59 Å². The average Bonchev–Trinajstić information content (AvgIpc) is 3.05. The third-order valence-electron chi connectivity index (χ3n) is 4.17. The summed E-state index contributed by atoms with van der Waals surface area (Å²) in [4.78, 5) is 24.5. The van der Waals surface area contributed by atoms with Crippen molar-refractivity contribution in [2.75, 3.05) is 32.8 Å². The van der Waals surface area contributed by atoms with Crippen LogP contribution in [0.3, 0.4) is 0 Å². The van der Waals surface area contributed by atoms with E-state index in [4.69, 9.17) is 19.7 Å². The number of hydrogen-bond donors (Lipinski definition) is 2. The van der Waals surface area contributed by atoms with Gasteiger partial charge in [-0.3, -0.25) is 4.90 Å². The normalized spacial score (nSPS) is 29.1. The molecule has 0 amide bonds. The molecule has 2 fully saturated rings. The number of epoxide rings is 1. The van der Waals surface area contributed by atoms with Crippen molar-refractivity contribution in [1.29, 1.82) is 0 Å². The molecule has 0 spiro atoms. The predicted molar refractivity (Wildman–Crippen MR) is 68.6 cm³/mol. The first-order valence-electron chi connectivity index (χ1n) is 6.89. The van der Waals surface area contributed by atoms with Crippen molar-refractivity contribution >= 4 is 11.9 Å². The molecule has 2 saturated heterocycles. The Morgan fingerprint density at radius 1 is 1.15 bits per heavy atom. The molecule has 0 aromatic heterocycles. The Morgan fingerprint density at radius 2 is 1.75 bits per heavy atom. The highest BCUT2D eigenvalue weighted by molar-refractivity contribution is 6.06. The van der Waals surface area contributed by atoms with Crippen LogP contribution in [0.4, 0.5) is 0 Å².